The van der Waals surface area contributed by atoms with E-state index in [2.05, 4.69) is 10.6 Å². The lowest BCUT2D eigenvalue weighted by molar-refractivity contribution is -0.142. The van der Waals surface area contributed by atoms with Crippen LogP contribution >= 0.6 is 0 Å². The molecule has 7 heteroatoms. The molecular formula is C18H24N2O5. The maximum atomic E-state index is 11.8. The molecule has 1 aromatic carbocycles. The van der Waals surface area contributed by atoms with Gasteiger partial charge in [-0.05, 0) is 31.4 Å². The van der Waals surface area contributed by atoms with Crippen LogP contribution < -0.4 is 15.4 Å². The van der Waals surface area contributed by atoms with Crippen LogP contribution in [0.2, 0.25) is 0 Å². The molecule has 1 aromatic rings. The minimum absolute atomic E-state index is 0.00512. The van der Waals surface area contributed by atoms with Crippen molar-refractivity contribution in [3.05, 3.63) is 24.3 Å². The molecule has 3 N–H and O–H groups in total. The Balaban J connectivity index is 1.77. The molecule has 1 fully saturated rings. The van der Waals surface area contributed by atoms with E-state index in [1.165, 1.54) is 0 Å². The normalized spacial score (nSPS) is 14.4. The topological polar surface area (TPSA) is 105 Å². The molecule has 136 valence electrons. The van der Waals surface area contributed by atoms with Crippen LogP contribution in [0.25, 0.3) is 0 Å². The van der Waals surface area contributed by atoms with Crippen LogP contribution in [0.5, 0.6) is 5.75 Å². The summed E-state index contributed by atoms with van der Waals surface area (Å²) in [6.45, 7) is 1.78. The van der Waals surface area contributed by atoms with Crippen molar-refractivity contribution in [2.75, 3.05) is 18.5 Å². The summed E-state index contributed by atoms with van der Waals surface area (Å²) >= 11 is 0. The number of nitrogens with one attached hydrogen (secondary N) is 2. The number of carboxylic acid groups (broad SMARTS) is 1. The Morgan fingerprint density at radius 1 is 1.32 bits per heavy atom. The zero-order chi connectivity index (χ0) is 18.2. The Bertz CT molecular complexity index is 628. The first kappa shape index (κ1) is 18.8. The second-order valence-corrected chi connectivity index (χ2v) is 6.21. The molecular weight excluding hydrogens is 324 g/mol. The van der Waals surface area contributed by atoms with Crippen LogP contribution in [-0.4, -0.2) is 36.0 Å². The third kappa shape index (κ3) is 6.45. The summed E-state index contributed by atoms with van der Waals surface area (Å²) in [5.74, 6) is -1.30. The maximum absolute atomic E-state index is 11.8. The molecule has 0 aromatic heterocycles. The highest BCUT2D eigenvalue weighted by molar-refractivity contribution is 5.94. The van der Waals surface area contributed by atoms with Crippen LogP contribution in [0.3, 0.4) is 0 Å². The van der Waals surface area contributed by atoms with Gasteiger partial charge in [-0.1, -0.05) is 19.4 Å². The van der Waals surface area contributed by atoms with Crippen molar-refractivity contribution in [3.63, 3.8) is 0 Å². The van der Waals surface area contributed by atoms with Gasteiger partial charge in [0.15, 0.2) is 6.61 Å². The van der Waals surface area contributed by atoms with Gasteiger partial charge in [0.1, 0.15) is 5.75 Å². The van der Waals surface area contributed by atoms with Crippen LogP contribution in [0.4, 0.5) is 5.69 Å². The molecule has 0 aliphatic heterocycles. The van der Waals surface area contributed by atoms with Gasteiger partial charge in [0.25, 0.3) is 5.91 Å². The molecule has 25 heavy (non-hydrogen) atoms. The van der Waals surface area contributed by atoms with Crippen molar-refractivity contribution >= 4 is 23.5 Å². The smallest absolute Gasteiger partial charge is 0.308 e. The van der Waals surface area contributed by atoms with Crippen molar-refractivity contribution in [1.82, 2.24) is 5.32 Å². The summed E-state index contributed by atoms with van der Waals surface area (Å²) in [7, 11) is 0. The molecule has 1 aliphatic rings. The number of benzene rings is 1. The van der Waals surface area contributed by atoms with Gasteiger partial charge < -0.3 is 20.5 Å². The SMILES string of the molecule is CCCC(CNC(=O)COc1cccc(NC(=O)C2CC2)c1)C(=O)O. The average Bonchev–Trinajstić information content (AvgIpc) is 3.42. The fraction of sp³-hybridized carbons (Fsp3) is 0.500. The molecule has 0 bridgehead atoms. The first-order valence-electron chi connectivity index (χ1n) is 8.52. The van der Waals surface area contributed by atoms with E-state index in [1.807, 2.05) is 6.92 Å². The van der Waals surface area contributed by atoms with Crippen molar-refractivity contribution in [3.8, 4) is 5.75 Å². The molecule has 0 saturated heterocycles. The van der Waals surface area contributed by atoms with E-state index < -0.39 is 11.9 Å². The third-order valence-corrected chi connectivity index (χ3v) is 3.95. The van der Waals surface area contributed by atoms with E-state index in [0.717, 1.165) is 19.3 Å². The highest BCUT2D eigenvalue weighted by Crippen LogP contribution is 2.30. The average molecular weight is 348 g/mol. The highest BCUT2D eigenvalue weighted by atomic mass is 16.5. The van der Waals surface area contributed by atoms with Gasteiger partial charge >= 0.3 is 5.97 Å². The summed E-state index contributed by atoms with van der Waals surface area (Å²) in [5, 5.41) is 14.4. The quantitative estimate of drug-likeness (QED) is 0.600. The largest absolute Gasteiger partial charge is 0.484 e. The lowest BCUT2D eigenvalue weighted by atomic mass is 10.0. The first-order chi connectivity index (χ1) is 12.0. The Kier molecular flexibility index (Phi) is 6.80. The molecule has 7 nitrogen and oxygen atoms in total. The van der Waals surface area contributed by atoms with Crippen LogP contribution in [0, 0.1) is 11.8 Å². The van der Waals surface area contributed by atoms with Gasteiger partial charge in [0.05, 0.1) is 5.92 Å². The van der Waals surface area contributed by atoms with Crippen molar-refractivity contribution in [2.24, 2.45) is 11.8 Å². The number of amides is 2. The van der Waals surface area contributed by atoms with Crippen LogP contribution in [0.15, 0.2) is 24.3 Å². The standard InChI is InChI=1S/C18H24N2O5/c1-2-4-13(18(23)24)10-19-16(21)11-25-15-6-3-5-14(9-15)20-17(22)12-7-8-12/h3,5-6,9,12-13H,2,4,7-8,10-11H2,1H3,(H,19,21)(H,20,22)(H,23,24). The zero-order valence-electron chi connectivity index (χ0n) is 14.3. The molecule has 1 atom stereocenters. The molecule has 0 heterocycles. The zero-order valence-corrected chi connectivity index (χ0v) is 14.3. The fourth-order valence-electron chi connectivity index (χ4n) is 2.35. The number of carbonyl (C=O) groups is 3. The second-order valence-electron chi connectivity index (χ2n) is 6.21. The Hall–Kier alpha value is -2.57. The third-order valence-electron chi connectivity index (χ3n) is 3.95. The molecule has 1 unspecified atom stereocenters. The number of hydrogen-bond donors (Lipinski definition) is 3. The van der Waals surface area contributed by atoms with E-state index in [1.54, 1.807) is 24.3 Å². The van der Waals surface area contributed by atoms with E-state index in [4.69, 9.17) is 9.84 Å². The minimum Gasteiger partial charge on any atom is -0.484 e. The molecule has 0 radical (unpaired) electrons. The number of anilines is 1. The molecule has 2 rings (SSSR count). The lowest BCUT2D eigenvalue weighted by Gasteiger charge is -2.13. The van der Waals surface area contributed by atoms with Gasteiger partial charge in [-0.3, -0.25) is 14.4 Å². The van der Waals surface area contributed by atoms with Gasteiger partial charge in [0, 0.05) is 24.2 Å². The second kappa shape index (κ2) is 9.05. The van der Waals surface area contributed by atoms with Gasteiger partial charge in [0.2, 0.25) is 5.91 Å². The summed E-state index contributed by atoms with van der Waals surface area (Å²) < 4.78 is 5.41. The molecule has 1 aliphatic carbocycles. The summed E-state index contributed by atoms with van der Waals surface area (Å²) in [6, 6.07) is 6.84. The number of ether oxygens (including phenoxy) is 1. The number of carboxylic acids is 1. The fourth-order valence-corrected chi connectivity index (χ4v) is 2.35. The van der Waals surface area contributed by atoms with Crippen LogP contribution in [-0.2, 0) is 14.4 Å². The summed E-state index contributed by atoms with van der Waals surface area (Å²) in [6.07, 6.45) is 3.11. The van der Waals surface area contributed by atoms with E-state index in [9.17, 15) is 14.4 Å². The molecule has 0 spiro atoms. The van der Waals surface area contributed by atoms with Crippen molar-refractivity contribution in [2.45, 2.75) is 32.6 Å². The molecule has 2 amide bonds. The van der Waals surface area contributed by atoms with Crippen LogP contribution in [0.1, 0.15) is 32.6 Å². The predicted molar refractivity (Wildman–Crippen MR) is 92.3 cm³/mol. The predicted octanol–water partition coefficient (Wildman–Crippen LogP) is 2.03. The van der Waals surface area contributed by atoms with Gasteiger partial charge in [-0.2, -0.15) is 0 Å². The highest BCUT2D eigenvalue weighted by Gasteiger charge is 2.29. The lowest BCUT2D eigenvalue weighted by Crippen LogP contribution is -2.35. The van der Waals surface area contributed by atoms with Gasteiger partial charge in [-0.15, -0.1) is 0 Å². The Morgan fingerprint density at radius 2 is 2.08 bits per heavy atom. The summed E-state index contributed by atoms with van der Waals surface area (Å²) in [5.41, 5.74) is 0.628. The van der Waals surface area contributed by atoms with E-state index in [0.29, 0.717) is 17.9 Å². The monoisotopic (exact) mass is 348 g/mol. The molecule has 1 saturated carbocycles. The van der Waals surface area contributed by atoms with Gasteiger partial charge in [-0.25, -0.2) is 0 Å². The maximum Gasteiger partial charge on any atom is 0.308 e. The number of aliphatic carboxylic acids is 1. The minimum atomic E-state index is -0.915. The number of carbonyl (C=O) groups excluding carboxylic acids is 2. The van der Waals surface area contributed by atoms with Crippen molar-refractivity contribution in [1.29, 1.82) is 0 Å². The van der Waals surface area contributed by atoms with E-state index >= 15 is 0 Å². The Morgan fingerprint density at radius 3 is 2.72 bits per heavy atom. The van der Waals surface area contributed by atoms with E-state index in [-0.39, 0.29) is 30.9 Å². The number of hydrogen-bond acceptors (Lipinski definition) is 4. The summed E-state index contributed by atoms with van der Waals surface area (Å²) in [4.78, 5) is 34.6. The first-order valence-corrected chi connectivity index (χ1v) is 8.52. The Labute approximate surface area is 146 Å². The number of rotatable bonds is 10. The van der Waals surface area contributed by atoms with Crippen molar-refractivity contribution < 1.29 is 24.2 Å².